The molecule has 0 spiro atoms. The Balaban J connectivity index is 2.37. The Kier molecular flexibility index (Phi) is 5.36. The summed E-state index contributed by atoms with van der Waals surface area (Å²) in [6, 6.07) is 0. The van der Waals surface area contributed by atoms with Gasteiger partial charge < -0.3 is 10.1 Å². The number of amides is 1. The smallest absolute Gasteiger partial charge is 0.320 e. The predicted molar refractivity (Wildman–Crippen MR) is 72.9 cm³/mol. The van der Waals surface area contributed by atoms with Gasteiger partial charge in [0.1, 0.15) is 3.92 Å². The molecule has 1 heterocycles. The fourth-order valence-electron chi connectivity index (χ4n) is 1.54. The maximum atomic E-state index is 11.9. The molecule has 16 heavy (non-hydrogen) atoms. The Bertz CT molecular complexity index is 279. The van der Waals surface area contributed by atoms with Gasteiger partial charge in [-0.1, -0.05) is 22.6 Å². The van der Waals surface area contributed by atoms with Gasteiger partial charge in [0.25, 0.3) is 0 Å². The van der Waals surface area contributed by atoms with Crippen LogP contribution in [0, 0.1) is 0 Å². The van der Waals surface area contributed by atoms with Crippen molar-refractivity contribution in [1.82, 2.24) is 5.32 Å². The van der Waals surface area contributed by atoms with Crippen LogP contribution in [0.5, 0.6) is 0 Å². The van der Waals surface area contributed by atoms with Crippen molar-refractivity contribution in [2.75, 3.05) is 19.4 Å². The molecule has 0 bridgehead atoms. The van der Waals surface area contributed by atoms with Crippen LogP contribution >= 0.6 is 34.4 Å². The molecule has 0 radical (unpaired) electrons. The first-order valence-electron chi connectivity index (χ1n) is 5.14. The van der Waals surface area contributed by atoms with E-state index < -0.39 is 0 Å². The summed E-state index contributed by atoms with van der Waals surface area (Å²) in [6.45, 7) is 2.29. The number of ether oxygens (including phenoxy) is 1. The lowest BCUT2D eigenvalue weighted by molar-refractivity contribution is -0.139. The second kappa shape index (κ2) is 6.09. The minimum Gasteiger partial charge on any atom is -0.468 e. The molecule has 0 aliphatic carbocycles. The molecule has 2 atom stereocenters. The Morgan fingerprint density at radius 2 is 2.31 bits per heavy atom. The van der Waals surface area contributed by atoms with E-state index in [0.717, 1.165) is 18.6 Å². The lowest BCUT2D eigenvalue weighted by Gasteiger charge is -2.22. The summed E-state index contributed by atoms with van der Waals surface area (Å²) >= 11 is 3.66. The van der Waals surface area contributed by atoms with E-state index >= 15 is 0 Å². The van der Waals surface area contributed by atoms with Gasteiger partial charge in [-0.05, 0) is 25.5 Å². The first kappa shape index (κ1) is 14.1. The van der Waals surface area contributed by atoms with Crippen molar-refractivity contribution in [3.05, 3.63) is 0 Å². The van der Waals surface area contributed by atoms with Crippen molar-refractivity contribution in [2.45, 2.75) is 28.4 Å². The predicted octanol–water partition coefficient (Wildman–Crippen LogP) is 1.36. The van der Waals surface area contributed by atoms with Crippen molar-refractivity contribution in [1.29, 1.82) is 0 Å². The molecule has 1 amide bonds. The number of carbonyl (C=O) groups excluding carboxylic acids is 2. The van der Waals surface area contributed by atoms with E-state index in [-0.39, 0.29) is 20.5 Å². The molecule has 0 aromatic carbocycles. The number of methoxy groups -OCH3 is 1. The van der Waals surface area contributed by atoms with Crippen LogP contribution < -0.4 is 5.32 Å². The highest BCUT2D eigenvalue weighted by molar-refractivity contribution is 14.1. The molecule has 4 nitrogen and oxygen atoms in total. The third kappa shape index (κ3) is 3.51. The van der Waals surface area contributed by atoms with E-state index in [1.54, 1.807) is 11.8 Å². The molecule has 92 valence electrons. The van der Waals surface area contributed by atoms with E-state index in [2.05, 4.69) is 10.1 Å². The zero-order valence-electron chi connectivity index (χ0n) is 9.42. The molecule has 1 N–H and O–H groups in total. The summed E-state index contributed by atoms with van der Waals surface area (Å²) in [4.78, 5) is 23.0. The normalized spacial score (nSPS) is 26.2. The molecular formula is C10H16INO3S. The summed E-state index contributed by atoms with van der Waals surface area (Å²) in [5, 5.41) is 2.81. The van der Waals surface area contributed by atoms with Crippen molar-refractivity contribution < 1.29 is 14.3 Å². The maximum Gasteiger partial charge on any atom is 0.320 e. The number of halogens is 1. The Morgan fingerprint density at radius 3 is 2.81 bits per heavy atom. The van der Waals surface area contributed by atoms with Crippen LogP contribution in [-0.4, -0.2) is 40.0 Å². The summed E-state index contributed by atoms with van der Waals surface area (Å²) in [6.07, 6.45) is 1.99. The first-order valence-corrected chi connectivity index (χ1v) is 7.37. The van der Waals surface area contributed by atoms with Crippen LogP contribution in [0.15, 0.2) is 0 Å². The third-order valence-corrected chi connectivity index (χ3v) is 5.07. The minimum absolute atomic E-state index is 0.0283. The highest BCUT2D eigenvalue weighted by Gasteiger charge is 2.37. The molecule has 1 aliphatic rings. The second-order valence-electron chi connectivity index (χ2n) is 3.88. The van der Waals surface area contributed by atoms with Gasteiger partial charge in [0.05, 0.1) is 11.9 Å². The molecule has 0 aromatic heterocycles. The summed E-state index contributed by atoms with van der Waals surface area (Å²) in [5.41, 5.74) is 0. The quantitative estimate of drug-likeness (QED) is 0.469. The fraction of sp³-hybridized carbons (Fsp3) is 0.800. The van der Waals surface area contributed by atoms with Crippen LogP contribution in [0.2, 0.25) is 0 Å². The minimum atomic E-state index is -0.318. The second-order valence-corrected chi connectivity index (χ2v) is 6.99. The van der Waals surface area contributed by atoms with Crippen LogP contribution in [0.1, 0.15) is 19.8 Å². The highest BCUT2D eigenvalue weighted by atomic mass is 127. The Labute approximate surface area is 113 Å². The summed E-state index contributed by atoms with van der Waals surface area (Å²) < 4.78 is 3.96. The van der Waals surface area contributed by atoms with Gasteiger partial charge in [-0.2, -0.15) is 0 Å². The largest absolute Gasteiger partial charge is 0.468 e. The highest BCUT2D eigenvalue weighted by Crippen LogP contribution is 2.37. The summed E-state index contributed by atoms with van der Waals surface area (Å²) in [5.74, 6) is 0.764. The van der Waals surface area contributed by atoms with Gasteiger partial charge in [-0.15, -0.1) is 11.8 Å². The van der Waals surface area contributed by atoms with E-state index in [9.17, 15) is 9.59 Å². The van der Waals surface area contributed by atoms with Gasteiger partial charge in [-0.25, -0.2) is 0 Å². The Morgan fingerprint density at radius 1 is 1.62 bits per heavy atom. The van der Waals surface area contributed by atoms with Gasteiger partial charge in [0, 0.05) is 6.54 Å². The van der Waals surface area contributed by atoms with Gasteiger partial charge in [0.15, 0.2) is 0 Å². The van der Waals surface area contributed by atoms with Gasteiger partial charge in [-0.3, -0.25) is 9.59 Å². The maximum absolute atomic E-state index is 11.9. The number of esters is 1. The molecule has 1 rings (SSSR count). The van der Waals surface area contributed by atoms with Gasteiger partial charge in [0.2, 0.25) is 5.91 Å². The van der Waals surface area contributed by atoms with Crippen LogP contribution in [-0.2, 0) is 14.3 Å². The molecule has 1 aliphatic heterocycles. The van der Waals surface area contributed by atoms with Crippen molar-refractivity contribution >= 4 is 46.2 Å². The van der Waals surface area contributed by atoms with Crippen LogP contribution in [0.3, 0.4) is 0 Å². The average molecular weight is 357 g/mol. The lowest BCUT2D eigenvalue weighted by Crippen LogP contribution is -2.43. The topological polar surface area (TPSA) is 55.4 Å². The van der Waals surface area contributed by atoms with E-state index in [1.807, 2.05) is 29.5 Å². The average Bonchev–Trinajstić information content (AvgIpc) is 2.72. The third-order valence-electron chi connectivity index (χ3n) is 2.60. The molecule has 1 fully saturated rings. The molecule has 2 unspecified atom stereocenters. The first-order chi connectivity index (χ1) is 7.49. The zero-order valence-corrected chi connectivity index (χ0v) is 12.4. The lowest BCUT2D eigenvalue weighted by atomic mass is 10.1. The number of nitrogens with one attached hydrogen (secondary N) is 1. The standard InChI is InChI=1S/C10H16INO3S/c1-10(4-3-5-16-10)9(14)12-6-7(11)8(13)15-2/h7H,3-6H2,1-2H3,(H,12,14). The molecule has 1 saturated heterocycles. The monoisotopic (exact) mass is 357 g/mol. The number of thioether (sulfide) groups is 1. The van der Waals surface area contributed by atoms with E-state index in [4.69, 9.17) is 0 Å². The number of alkyl halides is 1. The number of rotatable bonds is 4. The van der Waals surface area contributed by atoms with Gasteiger partial charge >= 0.3 is 5.97 Å². The fourth-order valence-corrected chi connectivity index (χ4v) is 3.24. The molecule has 0 saturated carbocycles. The van der Waals surface area contributed by atoms with Crippen molar-refractivity contribution in [3.63, 3.8) is 0 Å². The van der Waals surface area contributed by atoms with E-state index in [1.165, 1.54) is 7.11 Å². The molecular weight excluding hydrogens is 341 g/mol. The zero-order chi connectivity index (χ0) is 12.2. The summed E-state index contributed by atoms with van der Waals surface area (Å²) in [7, 11) is 1.35. The Hall–Kier alpha value is 0.0200. The van der Waals surface area contributed by atoms with Crippen LogP contribution in [0.4, 0.5) is 0 Å². The number of carbonyl (C=O) groups is 2. The number of hydrogen-bond donors (Lipinski definition) is 1. The SMILES string of the molecule is COC(=O)C(I)CNC(=O)C1(C)CCCS1. The van der Waals surface area contributed by atoms with Crippen molar-refractivity contribution in [2.24, 2.45) is 0 Å². The van der Waals surface area contributed by atoms with Crippen LogP contribution in [0.25, 0.3) is 0 Å². The number of hydrogen-bond acceptors (Lipinski definition) is 4. The van der Waals surface area contributed by atoms with E-state index in [0.29, 0.717) is 6.54 Å². The van der Waals surface area contributed by atoms with Crippen molar-refractivity contribution in [3.8, 4) is 0 Å². The molecule has 0 aromatic rings. The molecule has 6 heteroatoms.